The molecular weight excluding hydrogens is 426 g/mol. The Morgan fingerprint density at radius 2 is 1.88 bits per heavy atom. The Morgan fingerprint density at radius 3 is 2.62 bits per heavy atom. The summed E-state index contributed by atoms with van der Waals surface area (Å²) < 4.78 is 33.2. The molecule has 0 saturated carbocycles. The van der Waals surface area contributed by atoms with Gasteiger partial charge < -0.3 is 15.0 Å². The van der Waals surface area contributed by atoms with Crippen molar-refractivity contribution in [2.24, 2.45) is 0 Å². The van der Waals surface area contributed by atoms with E-state index in [9.17, 15) is 13.2 Å². The second kappa shape index (κ2) is 9.60. The summed E-state index contributed by atoms with van der Waals surface area (Å²) in [4.78, 5) is 15.3. The second-order valence-electron chi connectivity index (χ2n) is 8.36. The Labute approximate surface area is 190 Å². The predicted octanol–water partition coefficient (Wildman–Crippen LogP) is 2.58. The molecule has 2 aliphatic heterocycles. The molecule has 2 aliphatic rings. The van der Waals surface area contributed by atoms with E-state index < -0.39 is 10.0 Å². The summed E-state index contributed by atoms with van der Waals surface area (Å²) >= 11 is 0. The van der Waals surface area contributed by atoms with Crippen LogP contribution in [0.1, 0.15) is 40.4 Å². The van der Waals surface area contributed by atoms with E-state index in [0.29, 0.717) is 50.4 Å². The van der Waals surface area contributed by atoms with Crippen LogP contribution in [0, 0.1) is 0 Å². The zero-order valence-corrected chi connectivity index (χ0v) is 19.6. The summed E-state index contributed by atoms with van der Waals surface area (Å²) in [5, 5.41) is 2.95. The second-order valence-corrected chi connectivity index (χ2v) is 10.3. The standard InChI is InChI=1S/C24H31N3O4S/c1-3-19-7-8-21(16-23(19)32(29,30)27-11-13-31-14-12-27)24(28)25-17-18-6-9-22-20(15-18)5-4-10-26(22)2/h6-9,15-16H,3-5,10-14,17H2,1-2H3,(H,25,28). The molecule has 0 atom stereocenters. The number of sulfonamides is 1. The van der Waals surface area contributed by atoms with Gasteiger partial charge in [0, 0.05) is 44.5 Å². The maximum Gasteiger partial charge on any atom is 0.251 e. The van der Waals surface area contributed by atoms with Gasteiger partial charge in [0.1, 0.15) is 0 Å². The Balaban J connectivity index is 1.51. The number of aryl methyl sites for hydroxylation is 2. The Morgan fingerprint density at radius 1 is 1.09 bits per heavy atom. The van der Waals surface area contributed by atoms with Gasteiger partial charge in [-0.2, -0.15) is 4.31 Å². The third-order valence-electron chi connectivity index (χ3n) is 6.25. The van der Waals surface area contributed by atoms with Crippen molar-refractivity contribution in [3.8, 4) is 0 Å². The number of carbonyl (C=O) groups excluding carboxylic acids is 1. The number of nitrogens with one attached hydrogen (secondary N) is 1. The number of ether oxygens (including phenoxy) is 1. The molecule has 1 amide bonds. The van der Waals surface area contributed by atoms with Crippen molar-refractivity contribution in [3.63, 3.8) is 0 Å². The molecule has 32 heavy (non-hydrogen) atoms. The van der Waals surface area contributed by atoms with Crippen molar-refractivity contribution in [3.05, 3.63) is 58.7 Å². The van der Waals surface area contributed by atoms with E-state index in [1.165, 1.54) is 21.6 Å². The first-order valence-corrected chi connectivity index (χ1v) is 12.7. The first-order chi connectivity index (χ1) is 15.4. The van der Waals surface area contributed by atoms with Gasteiger partial charge in [0.2, 0.25) is 10.0 Å². The summed E-state index contributed by atoms with van der Waals surface area (Å²) in [7, 11) is -1.58. The van der Waals surface area contributed by atoms with Crippen LogP contribution in [0.25, 0.3) is 0 Å². The van der Waals surface area contributed by atoms with E-state index in [0.717, 1.165) is 24.9 Å². The van der Waals surface area contributed by atoms with Gasteiger partial charge in [-0.3, -0.25) is 4.79 Å². The lowest BCUT2D eigenvalue weighted by Crippen LogP contribution is -2.41. The Bertz CT molecular complexity index is 1090. The predicted molar refractivity (Wildman–Crippen MR) is 125 cm³/mol. The summed E-state index contributed by atoms with van der Waals surface area (Å²) in [5.41, 5.74) is 4.66. The number of anilines is 1. The van der Waals surface area contributed by atoms with E-state index in [2.05, 4.69) is 29.4 Å². The minimum Gasteiger partial charge on any atom is -0.379 e. The molecule has 1 saturated heterocycles. The van der Waals surface area contributed by atoms with E-state index in [1.807, 2.05) is 13.0 Å². The van der Waals surface area contributed by atoms with Crippen LogP contribution in [-0.4, -0.2) is 58.5 Å². The summed E-state index contributed by atoms with van der Waals surface area (Å²) in [6, 6.07) is 11.3. The van der Waals surface area contributed by atoms with Crippen molar-refractivity contribution in [1.82, 2.24) is 9.62 Å². The Hall–Kier alpha value is -2.42. The lowest BCUT2D eigenvalue weighted by molar-refractivity contribution is 0.0730. The molecule has 8 heteroatoms. The molecule has 1 N–H and O–H groups in total. The van der Waals surface area contributed by atoms with Crippen molar-refractivity contribution < 1.29 is 17.9 Å². The van der Waals surface area contributed by atoms with Gasteiger partial charge in [-0.15, -0.1) is 0 Å². The number of amides is 1. The van der Waals surface area contributed by atoms with Gasteiger partial charge >= 0.3 is 0 Å². The van der Waals surface area contributed by atoms with Crippen molar-refractivity contribution in [2.75, 3.05) is 44.8 Å². The van der Waals surface area contributed by atoms with Gasteiger partial charge in [-0.05, 0) is 54.2 Å². The summed E-state index contributed by atoms with van der Waals surface area (Å²) in [5.74, 6) is -0.277. The SMILES string of the molecule is CCc1ccc(C(=O)NCc2ccc3c(c2)CCCN3C)cc1S(=O)(=O)N1CCOCC1. The molecule has 7 nitrogen and oxygen atoms in total. The topological polar surface area (TPSA) is 79.0 Å². The maximum absolute atomic E-state index is 13.2. The quantitative estimate of drug-likeness (QED) is 0.721. The van der Waals surface area contributed by atoms with Crippen LogP contribution >= 0.6 is 0 Å². The van der Waals surface area contributed by atoms with E-state index in [1.54, 1.807) is 12.1 Å². The molecule has 0 radical (unpaired) electrons. The number of hydrogen-bond acceptors (Lipinski definition) is 5. The lowest BCUT2D eigenvalue weighted by atomic mass is 9.99. The molecule has 0 unspecified atom stereocenters. The number of hydrogen-bond donors (Lipinski definition) is 1. The van der Waals surface area contributed by atoms with Gasteiger partial charge in [-0.1, -0.05) is 25.1 Å². The fraction of sp³-hybridized carbons (Fsp3) is 0.458. The van der Waals surface area contributed by atoms with E-state index >= 15 is 0 Å². The molecule has 4 rings (SSSR count). The van der Waals surface area contributed by atoms with Gasteiger partial charge in [0.15, 0.2) is 0 Å². The van der Waals surface area contributed by atoms with Gasteiger partial charge in [0.25, 0.3) is 5.91 Å². The van der Waals surface area contributed by atoms with Crippen molar-refractivity contribution in [2.45, 2.75) is 37.6 Å². The molecule has 2 aromatic carbocycles. The van der Waals surface area contributed by atoms with Crippen molar-refractivity contribution in [1.29, 1.82) is 0 Å². The highest BCUT2D eigenvalue weighted by Gasteiger charge is 2.29. The first kappa shape index (κ1) is 22.8. The molecular formula is C24H31N3O4S. The van der Waals surface area contributed by atoms with E-state index in [4.69, 9.17) is 4.74 Å². The molecule has 0 aliphatic carbocycles. The largest absolute Gasteiger partial charge is 0.379 e. The van der Waals surface area contributed by atoms with Crippen LogP contribution < -0.4 is 10.2 Å². The zero-order valence-electron chi connectivity index (χ0n) is 18.8. The summed E-state index contributed by atoms with van der Waals surface area (Å²) in [6.45, 7) is 4.81. The molecule has 0 spiro atoms. The number of morpholine rings is 1. The summed E-state index contributed by atoms with van der Waals surface area (Å²) in [6.07, 6.45) is 2.75. The highest BCUT2D eigenvalue weighted by atomic mass is 32.2. The number of benzene rings is 2. The van der Waals surface area contributed by atoms with Crippen LogP contribution in [0.2, 0.25) is 0 Å². The van der Waals surface area contributed by atoms with Crippen LogP contribution in [-0.2, 0) is 34.1 Å². The smallest absolute Gasteiger partial charge is 0.251 e. The minimum absolute atomic E-state index is 0.214. The first-order valence-electron chi connectivity index (χ1n) is 11.2. The third kappa shape index (κ3) is 4.67. The molecule has 2 aromatic rings. The number of nitrogens with zero attached hydrogens (tertiary/aromatic N) is 2. The van der Waals surface area contributed by atoms with Crippen molar-refractivity contribution >= 4 is 21.6 Å². The minimum atomic E-state index is -3.67. The van der Waals surface area contributed by atoms with Gasteiger partial charge in [-0.25, -0.2) is 8.42 Å². The number of carbonyl (C=O) groups is 1. The normalized spacial score (nSPS) is 17.1. The third-order valence-corrected chi connectivity index (χ3v) is 8.23. The van der Waals surface area contributed by atoms with Crippen LogP contribution in [0.15, 0.2) is 41.3 Å². The average Bonchev–Trinajstić information content (AvgIpc) is 2.82. The monoisotopic (exact) mass is 457 g/mol. The van der Waals surface area contributed by atoms with Crippen LogP contribution in [0.5, 0.6) is 0 Å². The average molecular weight is 458 g/mol. The molecule has 0 aromatic heterocycles. The highest BCUT2D eigenvalue weighted by molar-refractivity contribution is 7.89. The lowest BCUT2D eigenvalue weighted by Gasteiger charge is -2.28. The molecule has 1 fully saturated rings. The zero-order chi connectivity index (χ0) is 22.7. The fourth-order valence-corrected chi connectivity index (χ4v) is 6.11. The number of fused-ring (bicyclic) bond motifs is 1. The van der Waals surface area contributed by atoms with Crippen LogP contribution in [0.4, 0.5) is 5.69 Å². The van der Waals surface area contributed by atoms with E-state index in [-0.39, 0.29) is 10.8 Å². The number of rotatable bonds is 6. The molecule has 0 bridgehead atoms. The highest BCUT2D eigenvalue weighted by Crippen LogP contribution is 2.27. The molecule has 2 heterocycles. The fourth-order valence-electron chi connectivity index (χ4n) is 4.39. The maximum atomic E-state index is 13.2. The Kier molecular flexibility index (Phi) is 6.83. The molecule has 172 valence electrons. The van der Waals surface area contributed by atoms with Crippen LogP contribution in [0.3, 0.4) is 0 Å². The van der Waals surface area contributed by atoms with Gasteiger partial charge in [0.05, 0.1) is 18.1 Å².